The third kappa shape index (κ3) is 5.84. The fraction of sp³-hybridized carbons (Fsp3) is 0.296. The Balaban J connectivity index is 1.27. The molecule has 0 radical (unpaired) electrons. The van der Waals surface area contributed by atoms with Gasteiger partial charge in [-0.05, 0) is 41.0 Å². The molecule has 33 heavy (non-hydrogen) atoms. The van der Waals surface area contributed by atoms with Crippen molar-refractivity contribution in [2.24, 2.45) is 0 Å². The summed E-state index contributed by atoms with van der Waals surface area (Å²) < 4.78 is 16.7. The number of carbonyl (C=O) groups excluding carboxylic acids is 1. The summed E-state index contributed by atoms with van der Waals surface area (Å²) in [5.74, 6) is 1.50. The van der Waals surface area contributed by atoms with E-state index in [0.29, 0.717) is 31.1 Å². The molecule has 1 fully saturated rings. The van der Waals surface area contributed by atoms with Gasteiger partial charge >= 0.3 is 6.03 Å². The van der Waals surface area contributed by atoms with E-state index in [-0.39, 0.29) is 12.1 Å². The Morgan fingerprint density at radius 2 is 1.55 bits per heavy atom. The van der Waals surface area contributed by atoms with E-state index < -0.39 is 0 Å². The summed E-state index contributed by atoms with van der Waals surface area (Å²) in [5.41, 5.74) is 4.14. The Morgan fingerprint density at radius 3 is 2.18 bits per heavy atom. The number of nitrogens with zero attached hydrogens (tertiary/aromatic N) is 1. The molecule has 0 aliphatic carbocycles. The van der Waals surface area contributed by atoms with E-state index in [0.717, 1.165) is 35.3 Å². The molecule has 0 spiro atoms. The molecule has 1 aliphatic rings. The number of likely N-dealkylation sites (tertiary alicyclic amines) is 1. The van der Waals surface area contributed by atoms with Crippen molar-refractivity contribution in [2.45, 2.75) is 25.6 Å². The van der Waals surface area contributed by atoms with Crippen LogP contribution in [0.15, 0.2) is 72.8 Å². The van der Waals surface area contributed by atoms with Crippen LogP contribution in [-0.4, -0.2) is 44.3 Å². The number of amides is 2. The molecule has 0 unspecified atom stereocenters. The standard InChI is InChI=1S/C27H30N2O4/c1-31-19-20-7-9-21(10-8-20)22-11-13-23(14-12-22)33-24-15-17-29(18-16-24)27(30)28-25-5-3-4-6-26(25)32-2/h3-14,24H,15-19H2,1-2H3,(H,28,30). The van der Waals surface area contributed by atoms with Crippen LogP contribution in [0.1, 0.15) is 18.4 Å². The zero-order valence-electron chi connectivity index (χ0n) is 19.1. The van der Waals surface area contributed by atoms with E-state index in [1.165, 1.54) is 0 Å². The molecule has 0 saturated carbocycles. The average molecular weight is 447 g/mol. The Hall–Kier alpha value is -3.51. The summed E-state index contributed by atoms with van der Waals surface area (Å²) in [7, 11) is 3.30. The number of anilines is 1. The number of hydrogen-bond acceptors (Lipinski definition) is 4. The number of rotatable bonds is 7. The van der Waals surface area contributed by atoms with E-state index >= 15 is 0 Å². The summed E-state index contributed by atoms with van der Waals surface area (Å²) in [6, 6.07) is 23.9. The van der Waals surface area contributed by atoms with Gasteiger partial charge in [0.15, 0.2) is 0 Å². The Morgan fingerprint density at radius 1 is 0.909 bits per heavy atom. The molecule has 0 atom stereocenters. The molecule has 1 aliphatic heterocycles. The van der Waals surface area contributed by atoms with Crippen LogP contribution < -0.4 is 14.8 Å². The molecule has 3 aromatic carbocycles. The summed E-state index contributed by atoms with van der Waals surface area (Å²) >= 11 is 0. The minimum Gasteiger partial charge on any atom is -0.495 e. The maximum atomic E-state index is 12.6. The second-order valence-corrected chi connectivity index (χ2v) is 8.09. The van der Waals surface area contributed by atoms with E-state index in [1.54, 1.807) is 14.2 Å². The minimum absolute atomic E-state index is 0.0967. The molecule has 1 saturated heterocycles. The van der Waals surface area contributed by atoms with Crippen molar-refractivity contribution in [1.82, 2.24) is 4.90 Å². The lowest BCUT2D eigenvalue weighted by Gasteiger charge is -2.32. The van der Waals surface area contributed by atoms with Crippen LogP contribution in [0.5, 0.6) is 11.5 Å². The third-order valence-corrected chi connectivity index (χ3v) is 5.83. The number of piperidine rings is 1. The fourth-order valence-corrected chi connectivity index (χ4v) is 4.00. The van der Waals surface area contributed by atoms with Crippen LogP contribution in [0.3, 0.4) is 0 Å². The summed E-state index contributed by atoms with van der Waals surface area (Å²) in [4.78, 5) is 14.5. The SMILES string of the molecule is COCc1ccc(-c2ccc(OC3CCN(C(=O)Nc4ccccc4OC)CC3)cc2)cc1. The molecule has 1 N–H and O–H groups in total. The predicted molar refractivity (Wildman–Crippen MR) is 130 cm³/mol. The number of benzene rings is 3. The van der Waals surface area contributed by atoms with E-state index in [2.05, 4.69) is 41.7 Å². The zero-order chi connectivity index (χ0) is 23.0. The second kappa shape index (κ2) is 10.9. The molecule has 4 rings (SSSR count). The van der Waals surface area contributed by atoms with Gasteiger partial charge in [-0.2, -0.15) is 0 Å². The molecule has 6 heteroatoms. The van der Waals surface area contributed by atoms with Gasteiger partial charge in [0, 0.05) is 33.0 Å². The van der Waals surface area contributed by atoms with Crippen LogP contribution in [0.2, 0.25) is 0 Å². The number of nitrogens with one attached hydrogen (secondary N) is 1. The van der Waals surface area contributed by atoms with Gasteiger partial charge in [-0.3, -0.25) is 0 Å². The van der Waals surface area contributed by atoms with Gasteiger partial charge in [0.05, 0.1) is 19.4 Å². The lowest BCUT2D eigenvalue weighted by molar-refractivity contribution is 0.115. The normalized spacial score (nSPS) is 14.1. The van der Waals surface area contributed by atoms with Crippen molar-refractivity contribution in [2.75, 3.05) is 32.6 Å². The van der Waals surface area contributed by atoms with Crippen molar-refractivity contribution in [3.8, 4) is 22.6 Å². The molecular formula is C27H30N2O4. The third-order valence-electron chi connectivity index (χ3n) is 5.83. The quantitative estimate of drug-likeness (QED) is 0.514. The maximum absolute atomic E-state index is 12.6. The highest BCUT2D eigenvalue weighted by atomic mass is 16.5. The molecule has 0 aromatic heterocycles. The van der Waals surface area contributed by atoms with Crippen molar-refractivity contribution < 1.29 is 19.0 Å². The molecule has 172 valence electrons. The predicted octanol–water partition coefficient (Wildman–Crippen LogP) is 5.58. The zero-order valence-corrected chi connectivity index (χ0v) is 19.1. The van der Waals surface area contributed by atoms with E-state index in [9.17, 15) is 4.79 Å². The number of hydrogen-bond donors (Lipinski definition) is 1. The summed E-state index contributed by atoms with van der Waals surface area (Å²) in [6.45, 7) is 1.92. The molecule has 6 nitrogen and oxygen atoms in total. The van der Waals surface area contributed by atoms with Crippen molar-refractivity contribution in [3.05, 3.63) is 78.4 Å². The average Bonchev–Trinajstić information content (AvgIpc) is 2.86. The molecule has 3 aromatic rings. The van der Waals surface area contributed by atoms with Crippen LogP contribution in [0.25, 0.3) is 11.1 Å². The first-order valence-corrected chi connectivity index (χ1v) is 11.2. The highest BCUT2D eigenvalue weighted by molar-refractivity contribution is 5.91. The number of ether oxygens (including phenoxy) is 3. The summed E-state index contributed by atoms with van der Waals surface area (Å²) in [6.07, 6.45) is 1.68. The number of carbonyl (C=O) groups is 1. The van der Waals surface area contributed by atoms with Gasteiger partial charge in [-0.1, -0.05) is 48.5 Å². The lowest BCUT2D eigenvalue weighted by atomic mass is 10.0. The van der Waals surface area contributed by atoms with Crippen LogP contribution in [0.4, 0.5) is 10.5 Å². The van der Waals surface area contributed by atoms with Gasteiger partial charge in [0.2, 0.25) is 0 Å². The van der Waals surface area contributed by atoms with Gasteiger partial charge < -0.3 is 24.4 Å². The largest absolute Gasteiger partial charge is 0.495 e. The Bertz CT molecular complexity index is 1040. The van der Waals surface area contributed by atoms with Gasteiger partial charge in [0.1, 0.15) is 17.6 Å². The highest BCUT2D eigenvalue weighted by Gasteiger charge is 2.24. The molecule has 1 heterocycles. The Kier molecular flexibility index (Phi) is 7.47. The first kappa shape index (κ1) is 22.7. The number of para-hydroxylation sites is 2. The molecule has 2 amide bonds. The van der Waals surface area contributed by atoms with E-state index in [1.807, 2.05) is 41.3 Å². The topological polar surface area (TPSA) is 60.0 Å². The van der Waals surface area contributed by atoms with Crippen molar-refractivity contribution in [1.29, 1.82) is 0 Å². The maximum Gasteiger partial charge on any atom is 0.321 e. The second-order valence-electron chi connectivity index (χ2n) is 8.09. The first-order valence-electron chi connectivity index (χ1n) is 11.2. The lowest BCUT2D eigenvalue weighted by Crippen LogP contribution is -2.43. The smallest absolute Gasteiger partial charge is 0.321 e. The number of methoxy groups -OCH3 is 2. The van der Waals surface area contributed by atoms with Crippen LogP contribution in [-0.2, 0) is 11.3 Å². The summed E-state index contributed by atoms with van der Waals surface area (Å²) in [5, 5.41) is 2.94. The molecular weight excluding hydrogens is 416 g/mol. The van der Waals surface area contributed by atoms with Crippen molar-refractivity contribution in [3.63, 3.8) is 0 Å². The van der Waals surface area contributed by atoms with Gasteiger partial charge in [0.25, 0.3) is 0 Å². The first-order chi connectivity index (χ1) is 16.2. The number of urea groups is 1. The monoisotopic (exact) mass is 446 g/mol. The van der Waals surface area contributed by atoms with Crippen molar-refractivity contribution >= 4 is 11.7 Å². The molecule has 0 bridgehead atoms. The van der Waals surface area contributed by atoms with Gasteiger partial charge in [-0.25, -0.2) is 4.79 Å². The highest BCUT2D eigenvalue weighted by Crippen LogP contribution is 2.26. The Labute approximate surface area is 195 Å². The van der Waals surface area contributed by atoms with Gasteiger partial charge in [-0.15, -0.1) is 0 Å². The van der Waals surface area contributed by atoms with Crippen LogP contribution >= 0.6 is 0 Å². The van der Waals surface area contributed by atoms with Crippen LogP contribution in [0, 0.1) is 0 Å². The minimum atomic E-state index is -0.112. The van der Waals surface area contributed by atoms with E-state index in [4.69, 9.17) is 14.2 Å². The fourth-order valence-electron chi connectivity index (χ4n) is 4.00.